The molecule has 0 aromatic rings. The zero-order chi connectivity index (χ0) is 45.1. The number of unbranched alkanes of at least 4 members (excludes halogenated alkanes) is 11. The lowest BCUT2D eigenvalue weighted by Crippen LogP contribution is -2.52. The minimum atomic E-state index is -0.622. The van der Waals surface area contributed by atoms with Crippen molar-refractivity contribution in [3.05, 3.63) is 50.6 Å². The van der Waals surface area contributed by atoms with Crippen LogP contribution < -0.4 is 11.1 Å². The molecule has 1 saturated heterocycles. The average molecular weight is 819 g/mol. The lowest BCUT2D eigenvalue weighted by molar-refractivity contribution is -0.235. The van der Waals surface area contributed by atoms with Crippen molar-refractivity contribution in [2.24, 2.45) is 23.5 Å². The Bertz CT molecular complexity index is 2280. The van der Waals surface area contributed by atoms with Crippen LogP contribution in [0.3, 0.4) is 0 Å². The van der Waals surface area contributed by atoms with Crippen molar-refractivity contribution in [1.29, 1.82) is 0 Å². The molecule has 0 spiro atoms. The third kappa shape index (κ3) is 26.2. The minimum Gasteiger partial charge on any atom is -0.350 e. The summed E-state index contributed by atoms with van der Waals surface area (Å²) in [5.74, 6) is 60.3. The summed E-state index contributed by atoms with van der Waals surface area (Å²) in [5, 5.41) is 2.95. The number of nitrogens with one attached hydrogen (secondary N) is 1. The number of carbonyl (C=O) groups excluding carboxylic acids is 1. The number of hydrogen-bond donors (Lipinski definition) is 2. The maximum atomic E-state index is 13.0. The Hall–Kier alpha value is -6.97. The molecule has 0 aromatic heterocycles. The molecule has 7 atom stereocenters. The summed E-state index contributed by atoms with van der Waals surface area (Å²) in [7, 11) is 0. The molecule has 0 bridgehead atoms. The van der Waals surface area contributed by atoms with E-state index in [-0.39, 0.29) is 36.5 Å². The maximum Gasteiger partial charge on any atom is 0.297 e. The van der Waals surface area contributed by atoms with Gasteiger partial charge in [-0.15, -0.1) is 26.3 Å². The topological polar surface area (TPSA) is 73.6 Å². The van der Waals surface area contributed by atoms with Crippen LogP contribution in [0.4, 0.5) is 0 Å². The quantitative estimate of drug-likeness (QED) is 0.0631. The highest BCUT2D eigenvalue weighted by Gasteiger charge is 2.42. The van der Waals surface area contributed by atoms with Crippen LogP contribution in [-0.2, 0) is 14.3 Å². The first kappa shape index (κ1) is 53.0. The fourth-order valence-electron chi connectivity index (χ4n) is 6.33. The van der Waals surface area contributed by atoms with Crippen LogP contribution in [0.15, 0.2) is 50.6 Å². The lowest BCUT2D eigenvalue weighted by atomic mass is 9.75. The van der Waals surface area contributed by atoms with Gasteiger partial charge < -0.3 is 20.5 Å². The molecule has 314 valence electrons. The second kappa shape index (κ2) is 38.2. The highest BCUT2D eigenvalue weighted by Crippen LogP contribution is 2.39. The molecule has 1 heterocycles. The highest BCUT2D eigenvalue weighted by molar-refractivity contribution is 5.94. The van der Waals surface area contributed by atoms with Crippen LogP contribution in [-0.4, -0.2) is 37.0 Å². The molecule has 5 heteroatoms. The smallest absolute Gasteiger partial charge is 0.297 e. The Morgan fingerprint density at radius 1 is 0.597 bits per heavy atom. The van der Waals surface area contributed by atoms with Gasteiger partial charge in [-0.2, -0.15) is 0 Å². The molecule has 1 fully saturated rings. The maximum absolute atomic E-state index is 13.0. The first-order valence-electron chi connectivity index (χ1n) is 21.2. The van der Waals surface area contributed by atoms with Crippen molar-refractivity contribution in [2.75, 3.05) is 6.61 Å². The number of rotatable bonds is 23. The Kier molecular flexibility index (Phi) is 32.7. The van der Waals surface area contributed by atoms with Crippen molar-refractivity contribution < 1.29 is 14.3 Å². The van der Waals surface area contributed by atoms with Crippen LogP contribution >= 0.6 is 0 Å². The molecule has 0 radical (unpaired) electrons. The largest absolute Gasteiger partial charge is 0.350 e. The van der Waals surface area contributed by atoms with E-state index in [1.54, 1.807) is 6.92 Å². The summed E-state index contributed by atoms with van der Waals surface area (Å²) in [5.41, 5.74) is 6.72. The van der Waals surface area contributed by atoms with Crippen LogP contribution in [0, 0.1) is 160 Å². The van der Waals surface area contributed by atoms with Gasteiger partial charge in [-0.25, -0.2) is 0 Å². The van der Waals surface area contributed by atoms with E-state index < -0.39 is 18.2 Å². The second-order valence-corrected chi connectivity index (χ2v) is 13.9. The monoisotopic (exact) mass is 818 g/mol. The summed E-state index contributed by atoms with van der Waals surface area (Å²) in [4.78, 5) is 13.0. The van der Waals surface area contributed by atoms with E-state index in [4.69, 9.17) is 15.2 Å². The van der Waals surface area contributed by atoms with Crippen molar-refractivity contribution in [1.82, 2.24) is 5.32 Å². The molecule has 1 amide bonds. The number of nitrogens with two attached hydrogens (primary N) is 1. The molecule has 0 aromatic carbocycles. The van der Waals surface area contributed by atoms with Crippen molar-refractivity contribution in [2.45, 2.75) is 128 Å². The zero-order valence-corrected chi connectivity index (χ0v) is 36.6. The van der Waals surface area contributed by atoms with Crippen LogP contribution in [0.25, 0.3) is 0 Å². The van der Waals surface area contributed by atoms with E-state index in [1.807, 2.05) is 24.3 Å². The predicted molar refractivity (Wildman–Crippen MR) is 255 cm³/mol. The van der Waals surface area contributed by atoms with Crippen LogP contribution in [0.1, 0.15) is 104 Å². The van der Waals surface area contributed by atoms with Gasteiger partial charge in [0, 0.05) is 59.3 Å². The van der Waals surface area contributed by atoms with Crippen molar-refractivity contribution in [3.63, 3.8) is 0 Å². The van der Waals surface area contributed by atoms with Gasteiger partial charge in [0.2, 0.25) is 0 Å². The predicted octanol–water partition coefficient (Wildman–Crippen LogP) is 7.67. The van der Waals surface area contributed by atoms with E-state index in [9.17, 15) is 4.79 Å². The minimum absolute atomic E-state index is 0.00609. The molecular weight excluding hydrogens is 761 g/mol. The molecule has 5 nitrogen and oxygen atoms in total. The Labute approximate surface area is 375 Å². The summed E-state index contributed by atoms with van der Waals surface area (Å²) in [6, 6.07) is -0.884. The number of amides is 1. The van der Waals surface area contributed by atoms with Gasteiger partial charge in [0.25, 0.3) is 5.91 Å². The fraction of sp³-hybridized carbons (Fsp3) is 0.421. The summed E-state index contributed by atoms with van der Waals surface area (Å²) in [6.07, 6.45) is 23.0. The number of allylic oxidation sites excluding steroid dienone is 1. The van der Waals surface area contributed by atoms with Gasteiger partial charge in [-0.1, -0.05) is 114 Å². The molecule has 0 aliphatic carbocycles. The third-order valence-corrected chi connectivity index (χ3v) is 9.43. The molecule has 1 rings (SSSR count). The van der Waals surface area contributed by atoms with E-state index in [0.717, 1.165) is 19.3 Å². The van der Waals surface area contributed by atoms with Gasteiger partial charge in [0.05, 0.1) is 18.8 Å². The highest BCUT2D eigenvalue weighted by atomic mass is 16.7. The van der Waals surface area contributed by atoms with Gasteiger partial charge in [-0.3, -0.25) is 4.79 Å². The first-order valence-corrected chi connectivity index (χ1v) is 21.2. The number of carbonyl (C=O) groups is 1. The standard InChI is InChI=1S/C57H58N2O3/c1-7-13-15-17-19-21-23-25-26-27-28-29-30-31-32-33-34-35-37-39-41-43-45-48-56(60)59-54(53(58)47-44-42-40-38-36-24-22-20-18-16-14-8-2)49-61-57-52(12-6)50(10-4)51(11-5)55(62-57)46-9-3/h9-12,50-55,57H,3-6,8,14,16,18,20,22,24,36,38,40,42,44,46-47,49,58H2,1-2H3,(H,59,60)/t50-,51+,52?,53+,54-,55?,57+/m0/s1. The Morgan fingerprint density at radius 2 is 1.00 bits per heavy atom. The molecule has 2 unspecified atom stereocenters. The van der Waals surface area contributed by atoms with Gasteiger partial charge in [0.15, 0.2) is 6.29 Å². The van der Waals surface area contributed by atoms with Crippen LogP contribution in [0.5, 0.6) is 0 Å². The average Bonchev–Trinajstić information content (AvgIpc) is 3.28. The number of ether oxygens (including phenoxy) is 2. The zero-order valence-electron chi connectivity index (χ0n) is 36.6. The first-order chi connectivity index (χ1) is 30.5. The Morgan fingerprint density at radius 3 is 1.40 bits per heavy atom. The van der Waals surface area contributed by atoms with Crippen molar-refractivity contribution in [3.8, 4) is 142 Å². The lowest BCUT2D eigenvalue weighted by Gasteiger charge is -2.44. The van der Waals surface area contributed by atoms with E-state index in [1.165, 1.54) is 64.2 Å². The molecule has 3 N–H and O–H groups in total. The summed E-state index contributed by atoms with van der Waals surface area (Å²) >= 11 is 0. The van der Waals surface area contributed by atoms with Crippen molar-refractivity contribution >= 4 is 5.91 Å². The molecule has 0 saturated carbocycles. The Balaban J connectivity index is 2.84. The van der Waals surface area contributed by atoms with E-state index >= 15 is 0 Å². The molecular formula is C57H58N2O3. The third-order valence-electron chi connectivity index (χ3n) is 9.43. The molecule has 1 aliphatic rings. The van der Waals surface area contributed by atoms with Gasteiger partial charge >= 0.3 is 0 Å². The van der Waals surface area contributed by atoms with Gasteiger partial charge in [0.1, 0.15) is 0 Å². The SMILES string of the molecule is C=CCC1O[C@@H](OC[C@H](NC(=O)C#CC#CC#CC#CC#CC#CC#CC#CC#CC#CC#CC#CC)[C@H](N)CCCCCCCCCCCCCC)C(C=C)[C@@H](C=C)[C@H]1C=C. The molecule has 62 heavy (non-hydrogen) atoms. The van der Waals surface area contributed by atoms with Crippen LogP contribution in [0.2, 0.25) is 0 Å². The number of hydrogen-bond acceptors (Lipinski definition) is 4. The molecule has 1 aliphatic heterocycles. The second-order valence-electron chi connectivity index (χ2n) is 13.9. The summed E-state index contributed by atoms with van der Waals surface area (Å²) in [6.45, 7) is 20.1. The van der Waals surface area contributed by atoms with Gasteiger partial charge in [-0.05, 0) is 120 Å². The van der Waals surface area contributed by atoms with E-state index in [2.05, 4.69) is 181 Å². The fourth-order valence-corrected chi connectivity index (χ4v) is 6.33. The normalized spacial score (nSPS) is 16.7. The van der Waals surface area contributed by atoms with E-state index in [0.29, 0.717) is 6.42 Å². The summed E-state index contributed by atoms with van der Waals surface area (Å²) < 4.78 is 12.8.